The summed E-state index contributed by atoms with van der Waals surface area (Å²) in [5.74, 6) is 0. The molecular weight excluding hydrogens is 224 g/mol. The third-order valence-corrected chi connectivity index (χ3v) is 2.78. The Kier molecular flexibility index (Phi) is 2.83. The zero-order chi connectivity index (χ0) is 11.5. The molecule has 2 heterocycles. The van der Waals surface area contributed by atoms with Crippen LogP contribution in [0.1, 0.15) is 11.3 Å². The minimum atomic E-state index is 0.588. The molecule has 0 atom stereocenters. The summed E-state index contributed by atoms with van der Waals surface area (Å²) in [4.78, 5) is 4.30. The molecule has 0 spiro atoms. The van der Waals surface area contributed by atoms with E-state index in [0.29, 0.717) is 10.7 Å². The quantitative estimate of drug-likeness (QED) is 0.766. The van der Waals surface area contributed by atoms with Gasteiger partial charge in [-0.15, -0.1) is 5.10 Å². The molecule has 0 aliphatic rings. The fraction of sp³-hybridized carbons (Fsp3) is 0.222. The van der Waals surface area contributed by atoms with Gasteiger partial charge in [0.2, 0.25) is 5.16 Å². The summed E-state index contributed by atoms with van der Waals surface area (Å²) in [5.41, 5.74) is 1.39. The van der Waals surface area contributed by atoms with E-state index < -0.39 is 0 Å². The van der Waals surface area contributed by atoms with Gasteiger partial charge in [0.25, 0.3) is 0 Å². The van der Waals surface area contributed by atoms with Gasteiger partial charge in [-0.2, -0.15) is 5.26 Å². The summed E-state index contributed by atoms with van der Waals surface area (Å²) in [6.45, 7) is 1.85. The maximum absolute atomic E-state index is 8.83. The molecule has 0 unspecified atom stereocenters. The van der Waals surface area contributed by atoms with Crippen LogP contribution >= 0.6 is 11.8 Å². The Hall–Kier alpha value is -1.94. The predicted octanol–water partition coefficient (Wildman–Crippen LogP) is 0.936. The molecule has 0 aromatic carbocycles. The summed E-state index contributed by atoms with van der Waals surface area (Å²) in [6, 6.07) is 5.54. The molecule has 0 saturated carbocycles. The van der Waals surface area contributed by atoms with Crippen LogP contribution in [0.2, 0.25) is 0 Å². The first-order valence-corrected chi connectivity index (χ1v) is 5.29. The third-order valence-electron chi connectivity index (χ3n) is 1.84. The van der Waals surface area contributed by atoms with Crippen molar-refractivity contribution >= 4 is 11.8 Å². The van der Waals surface area contributed by atoms with Gasteiger partial charge in [0.15, 0.2) is 0 Å². The number of pyridine rings is 1. The summed E-state index contributed by atoms with van der Waals surface area (Å²) < 4.78 is 1.56. The molecule has 0 amide bonds. The topological polar surface area (TPSA) is 80.3 Å². The summed E-state index contributed by atoms with van der Waals surface area (Å²) in [7, 11) is 1.75. The van der Waals surface area contributed by atoms with Gasteiger partial charge in [0.1, 0.15) is 5.03 Å². The fourth-order valence-corrected chi connectivity index (χ4v) is 1.96. The SMILES string of the molecule is Cc1cc(C#N)cc(Sc2nnnn2C)n1. The standard InChI is InChI=1S/C9H8N6S/c1-6-3-7(5-10)4-8(11-6)16-9-12-13-14-15(9)2/h3-4H,1-2H3. The molecule has 6 nitrogen and oxygen atoms in total. The lowest BCUT2D eigenvalue weighted by molar-refractivity contribution is 0.664. The van der Waals surface area contributed by atoms with Crippen molar-refractivity contribution in [2.45, 2.75) is 17.1 Å². The van der Waals surface area contributed by atoms with E-state index in [1.165, 1.54) is 11.8 Å². The molecular formula is C9H8N6S. The highest BCUT2D eigenvalue weighted by Gasteiger charge is 2.07. The van der Waals surface area contributed by atoms with E-state index in [2.05, 4.69) is 26.6 Å². The Bertz CT molecular complexity index is 555. The Morgan fingerprint density at radius 3 is 2.88 bits per heavy atom. The number of tetrazole rings is 1. The molecule has 0 N–H and O–H groups in total. The van der Waals surface area contributed by atoms with Crippen LogP contribution in [0.15, 0.2) is 22.3 Å². The van der Waals surface area contributed by atoms with Gasteiger partial charge in [-0.3, -0.25) is 0 Å². The molecule has 0 aliphatic heterocycles. The van der Waals surface area contributed by atoms with Crippen molar-refractivity contribution in [1.82, 2.24) is 25.2 Å². The van der Waals surface area contributed by atoms with Crippen LogP contribution in [0.25, 0.3) is 0 Å². The molecule has 2 aromatic rings. The molecule has 0 saturated heterocycles. The smallest absolute Gasteiger partial charge is 0.215 e. The lowest BCUT2D eigenvalue weighted by Gasteiger charge is -2.00. The highest BCUT2D eigenvalue weighted by atomic mass is 32.2. The maximum Gasteiger partial charge on any atom is 0.215 e. The Morgan fingerprint density at radius 2 is 2.25 bits per heavy atom. The van der Waals surface area contributed by atoms with Gasteiger partial charge in [-0.05, 0) is 41.2 Å². The number of nitriles is 1. The van der Waals surface area contributed by atoms with Crippen LogP contribution < -0.4 is 0 Å². The monoisotopic (exact) mass is 232 g/mol. The number of aryl methyl sites for hydroxylation is 2. The Balaban J connectivity index is 2.32. The van der Waals surface area contributed by atoms with Gasteiger partial charge in [-0.1, -0.05) is 0 Å². The molecule has 0 radical (unpaired) electrons. The maximum atomic E-state index is 8.83. The zero-order valence-electron chi connectivity index (χ0n) is 8.75. The second kappa shape index (κ2) is 4.28. The normalized spacial score (nSPS) is 10.1. The van der Waals surface area contributed by atoms with Crippen LogP contribution in [-0.4, -0.2) is 25.2 Å². The first-order valence-electron chi connectivity index (χ1n) is 4.48. The Morgan fingerprint density at radius 1 is 1.44 bits per heavy atom. The second-order valence-electron chi connectivity index (χ2n) is 3.13. The lowest BCUT2D eigenvalue weighted by Crippen LogP contribution is -1.94. The Labute approximate surface area is 96.3 Å². The van der Waals surface area contributed by atoms with Crippen molar-refractivity contribution in [3.8, 4) is 6.07 Å². The molecule has 7 heteroatoms. The van der Waals surface area contributed by atoms with Crippen LogP contribution in [0.4, 0.5) is 0 Å². The third kappa shape index (κ3) is 2.17. The van der Waals surface area contributed by atoms with Gasteiger partial charge in [0, 0.05) is 12.7 Å². The van der Waals surface area contributed by atoms with E-state index in [9.17, 15) is 0 Å². The van der Waals surface area contributed by atoms with Crippen LogP contribution in [-0.2, 0) is 7.05 Å². The lowest BCUT2D eigenvalue weighted by atomic mass is 10.2. The van der Waals surface area contributed by atoms with Crippen molar-refractivity contribution < 1.29 is 0 Å². The molecule has 80 valence electrons. The van der Waals surface area contributed by atoms with Gasteiger partial charge >= 0.3 is 0 Å². The number of nitrogens with zero attached hydrogens (tertiary/aromatic N) is 6. The number of rotatable bonds is 2. The van der Waals surface area contributed by atoms with E-state index in [1.54, 1.807) is 23.9 Å². The molecule has 0 aliphatic carbocycles. The van der Waals surface area contributed by atoms with Gasteiger partial charge in [-0.25, -0.2) is 9.67 Å². The van der Waals surface area contributed by atoms with E-state index in [4.69, 9.17) is 5.26 Å². The van der Waals surface area contributed by atoms with E-state index in [-0.39, 0.29) is 0 Å². The average Bonchev–Trinajstić information content (AvgIpc) is 2.63. The fourth-order valence-electron chi connectivity index (χ4n) is 1.16. The zero-order valence-corrected chi connectivity index (χ0v) is 9.56. The van der Waals surface area contributed by atoms with Crippen molar-refractivity contribution in [1.29, 1.82) is 5.26 Å². The van der Waals surface area contributed by atoms with Crippen LogP contribution in [0, 0.1) is 18.3 Å². The first kappa shape index (κ1) is 10.6. The van der Waals surface area contributed by atoms with E-state index in [1.807, 2.05) is 6.92 Å². The molecule has 2 aromatic heterocycles. The van der Waals surface area contributed by atoms with Crippen molar-refractivity contribution in [3.63, 3.8) is 0 Å². The molecule has 16 heavy (non-hydrogen) atoms. The first-order chi connectivity index (χ1) is 7.69. The molecule has 2 rings (SSSR count). The van der Waals surface area contributed by atoms with Crippen molar-refractivity contribution in [3.05, 3.63) is 23.4 Å². The van der Waals surface area contributed by atoms with Crippen LogP contribution in [0.3, 0.4) is 0 Å². The van der Waals surface area contributed by atoms with Gasteiger partial charge < -0.3 is 0 Å². The van der Waals surface area contributed by atoms with Crippen molar-refractivity contribution in [2.75, 3.05) is 0 Å². The average molecular weight is 232 g/mol. The second-order valence-corrected chi connectivity index (χ2v) is 4.12. The van der Waals surface area contributed by atoms with E-state index in [0.717, 1.165) is 10.7 Å². The minimum absolute atomic E-state index is 0.588. The number of aromatic nitrogens is 5. The molecule has 0 bridgehead atoms. The minimum Gasteiger partial charge on any atom is -0.246 e. The largest absolute Gasteiger partial charge is 0.246 e. The molecule has 0 fully saturated rings. The highest BCUT2D eigenvalue weighted by molar-refractivity contribution is 7.99. The summed E-state index contributed by atoms with van der Waals surface area (Å²) >= 11 is 1.33. The number of hydrogen-bond donors (Lipinski definition) is 0. The number of hydrogen-bond acceptors (Lipinski definition) is 6. The predicted molar refractivity (Wildman–Crippen MR) is 56.6 cm³/mol. The van der Waals surface area contributed by atoms with E-state index >= 15 is 0 Å². The van der Waals surface area contributed by atoms with Gasteiger partial charge in [0.05, 0.1) is 11.6 Å². The highest BCUT2D eigenvalue weighted by Crippen LogP contribution is 2.23. The van der Waals surface area contributed by atoms with Crippen LogP contribution in [0.5, 0.6) is 0 Å². The summed E-state index contributed by atoms with van der Waals surface area (Å²) in [5, 5.41) is 21.3. The summed E-state index contributed by atoms with van der Waals surface area (Å²) in [6.07, 6.45) is 0. The van der Waals surface area contributed by atoms with Crippen molar-refractivity contribution in [2.24, 2.45) is 7.05 Å².